The maximum atomic E-state index is 14.2. The molecule has 5 atom stereocenters. The minimum atomic E-state index is -0.855. The molecule has 15 nitrogen and oxygen atoms in total. The molecule has 2 aliphatic rings. The van der Waals surface area contributed by atoms with E-state index in [-0.39, 0.29) is 54.1 Å². The number of likely N-dealkylation sites (N-methyl/N-ethyl adjacent to an activating group) is 1. The highest BCUT2D eigenvalue weighted by molar-refractivity contribution is 7.13. The molecule has 0 saturated carbocycles. The number of hydrogen-bond donors (Lipinski definition) is 4. The standard InChI is InChI=1S/C47H57N9O6S/c1-28(30-13-15-31(16-14-30)42-29(2)48-27-63-42)50-45(59)39-12-9-23-56(39)46(60)43(47(3,4)5)53-41(57)26-62-33-18-20-38(55(6)25-33)32-17-19-36(40(24-32)61-7)52-44(58)37-11-8-10-34(51-37)35-21-22-49-54-35/h8,10-11,13-17,19,21-22,24,27-28,33,38-39,43H,9,12,18,20,23,25-26H2,1-7H3,(H,49,54)(H,50,59)(H,52,58)(H,53,57)/t28-,33?,38?,39-,43+/m0/s1. The molecule has 4 N–H and O–H groups in total. The van der Waals surface area contributed by atoms with Crippen LogP contribution in [0.4, 0.5) is 5.69 Å². The number of aryl methyl sites for hydroxylation is 1. The van der Waals surface area contributed by atoms with Gasteiger partial charge in [-0.25, -0.2) is 9.97 Å². The predicted molar refractivity (Wildman–Crippen MR) is 242 cm³/mol. The summed E-state index contributed by atoms with van der Waals surface area (Å²) in [7, 11) is 3.58. The van der Waals surface area contributed by atoms with E-state index in [1.807, 2.05) is 89.6 Å². The minimum absolute atomic E-state index is 0.0561. The average Bonchev–Trinajstić information content (AvgIpc) is 4.08. The number of piperidine rings is 1. The third kappa shape index (κ3) is 10.6. The first kappa shape index (κ1) is 45.1. The van der Waals surface area contributed by atoms with E-state index in [4.69, 9.17) is 9.47 Å². The van der Waals surface area contributed by atoms with E-state index in [9.17, 15) is 19.2 Å². The second kappa shape index (κ2) is 19.6. The molecule has 2 aromatic carbocycles. The molecule has 332 valence electrons. The lowest BCUT2D eigenvalue weighted by Crippen LogP contribution is -2.58. The Kier molecular flexibility index (Phi) is 14.0. The third-order valence-electron chi connectivity index (χ3n) is 11.9. The first-order valence-electron chi connectivity index (χ1n) is 21.4. The Morgan fingerprint density at radius 3 is 2.48 bits per heavy atom. The number of nitrogens with one attached hydrogen (secondary N) is 4. The first-order chi connectivity index (χ1) is 30.2. The molecule has 2 fully saturated rings. The van der Waals surface area contributed by atoms with E-state index in [1.54, 1.807) is 53.8 Å². The van der Waals surface area contributed by atoms with Crippen molar-refractivity contribution >= 4 is 40.7 Å². The fourth-order valence-electron chi connectivity index (χ4n) is 8.38. The van der Waals surface area contributed by atoms with E-state index >= 15 is 0 Å². The van der Waals surface area contributed by atoms with Crippen LogP contribution in [0.3, 0.4) is 0 Å². The summed E-state index contributed by atoms with van der Waals surface area (Å²) in [5.74, 6) is -0.710. The van der Waals surface area contributed by atoms with Crippen molar-refractivity contribution in [2.24, 2.45) is 5.41 Å². The average molecular weight is 876 g/mol. The molecule has 2 unspecified atom stereocenters. The van der Waals surface area contributed by atoms with Gasteiger partial charge in [-0.15, -0.1) is 11.3 Å². The van der Waals surface area contributed by atoms with Gasteiger partial charge >= 0.3 is 0 Å². The number of anilines is 1. The van der Waals surface area contributed by atoms with E-state index in [0.29, 0.717) is 55.2 Å². The highest BCUT2D eigenvalue weighted by Crippen LogP contribution is 2.36. The number of aromatic nitrogens is 4. The monoisotopic (exact) mass is 875 g/mol. The number of thiazole rings is 1. The number of amides is 4. The Balaban J connectivity index is 0.902. The Bertz CT molecular complexity index is 2400. The summed E-state index contributed by atoms with van der Waals surface area (Å²) >= 11 is 1.60. The molecule has 5 aromatic rings. The molecule has 0 aliphatic carbocycles. The van der Waals surface area contributed by atoms with Gasteiger partial charge in [-0.2, -0.15) is 5.10 Å². The number of pyridine rings is 1. The smallest absolute Gasteiger partial charge is 0.274 e. The summed E-state index contributed by atoms with van der Waals surface area (Å²) in [5.41, 5.74) is 7.36. The summed E-state index contributed by atoms with van der Waals surface area (Å²) in [5, 5.41) is 15.8. The zero-order valence-corrected chi connectivity index (χ0v) is 37.8. The van der Waals surface area contributed by atoms with E-state index < -0.39 is 17.5 Å². The van der Waals surface area contributed by atoms with Crippen LogP contribution < -0.4 is 20.7 Å². The molecule has 2 aliphatic heterocycles. The van der Waals surface area contributed by atoms with Crippen LogP contribution in [-0.2, 0) is 19.1 Å². The summed E-state index contributed by atoms with van der Waals surface area (Å²) in [4.78, 5) is 68.3. The Labute approximate surface area is 372 Å². The maximum absolute atomic E-state index is 14.2. The van der Waals surface area contributed by atoms with E-state index in [1.165, 1.54) is 0 Å². The zero-order valence-electron chi connectivity index (χ0n) is 36.9. The number of nitrogens with zero attached hydrogens (tertiary/aromatic N) is 5. The normalized spacial score (nSPS) is 19.0. The molecule has 0 radical (unpaired) electrons. The van der Waals surface area contributed by atoms with Crippen molar-refractivity contribution in [1.29, 1.82) is 0 Å². The molecule has 5 heterocycles. The van der Waals surface area contributed by atoms with Gasteiger partial charge in [-0.3, -0.25) is 29.2 Å². The van der Waals surface area contributed by atoms with Crippen LogP contribution in [0.5, 0.6) is 5.75 Å². The molecule has 7 rings (SSSR count). The van der Waals surface area contributed by atoms with Gasteiger partial charge in [0.1, 0.15) is 30.1 Å². The summed E-state index contributed by atoms with van der Waals surface area (Å²) in [6.07, 6.45) is 4.14. The Morgan fingerprint density at radius 1 is 1.00 bits per heavy atom. The maximum Gasteiger partial charge on any atom is 0.274 e. The SMILES string of the molecule is COc1cc(C2CCC(OCC(=O)N[C@H](C(=O)N3CCC[C@H]3C(=O)N[C@@H](C)c3ccc(-c4scnc4C)cc3)C(C)(C)C)CN2C)ccc1NC(=O)c1cccc(-c2ccn[nH]2)n1. The molecule has 16 heteroatoms. The van der Waals surface area contributed by atoms with Gasteiger partial charge in [0.15, 0.2) is 0 Å². The fourth-order valence-corrected chi connectivity index (χ4v) is 9.20. The highest BCUT2D eigenvalue weighted by Gasteiger charge is 2.42. The lowest BCUT2D eigenvalue weighted by Gasteiger charge is -2.38. The van der Waals surface area contributed by atoms with Gasteiger partial charge in [0.05, 0.1) is 52.4 Å². The second-order valence-electron chi connectivity index (χ2n) is 17.4. The lowest BCUT2D eigenvalue weighted by molar-refractivity contribution is -0.145. The molecule has 2 saturated heterocycles. The third-order valence-corrected chi connectivity index (χ3v) is 12.9. The van der Waals surface area contributed by atoms with Gasteiger partial charge in [0, 0.05) is 25.3 Å². The van der Waals surface area contributed by atoms with Crippen LogP contribution in [-0.4, -0.2) is 106 Å². The van der Waals surface area contributed by atoms with Crippen molar-refractivity contribution in [3.05, 3.63) is 101 Å². The number of aromatic amines is 1. The number of benzene rings is 2. The zero-order chi connectivity index (χ0) is 44.8. The highest BCUT2D eigenvalue weighted by atomic mass is 32.1. The molecule has 4 amide bonds. The van der Waals surface area contributed by atoms with Crippen LogP contribution in [0.15, 0.2) is 78.4 Å². The predicted octanol–water partition coefficient (Wildman–Crippen LogP) is 6.72. The number of carbonyl (C=O) groups is 4. The molecular formula is C47H57N9O6S. The van der Waals surface area contributed by atoms with Crippen molar-refractivity contribution in [1.82, 2.24) is 40.6 Å². The van der Waals surface area contributed by atoms with Crippen LogP contribution in [0.1, 0.15) is 92.8 Å². The summed E-state index contributed by atoms with van der Waals surface area (Å²) in [6.45, 7) is 10.5. The largest absolute Gasteiger partial charge is 0.495 e. The Morgan fingerprint density at radius 2 is 1.79 bits per heavy atom. The van der Waals surface area contributed by atoms with Crippen LogP contribution in [0, 0.1) is 12.3 Å². The minimum Gasteiger partial charge on any atom is -0.495 e. The number of carbonyl (C=O) groups excluding carboxylic acids is 4. The van der Waals surface area contributed by atoms with Crippen molar-refractivity contribution < 1.29 is 28.7 Å². The van der Waals surface area contributed by atoms with E-state index in [0.717, 1.165) is 33.7 Å². The Hall–Kier alpha value is -5.97. The van der Waals surface area contributed by atoms with Crippen molar-refractivity contribution in [3.63, 3.8) is 0 Å². The van der Waals surface area contributed by atoms with Crippen molar-refractivity contribution in [3.8, 4) is 27.6 Å². The molecule has 0 spiro atoms. The van der Waals surface area contributed by atoms with Gasteiger partial charge in [-0.05, 0) is 99.0 Å². The number of likely N-dealkylation sites (tertiary alicyclic amines) is 2. The number of ether oxygens (including phenoxy) is 2. The van der Waals surface area contributed by atoms with Crippen LogP contribution in [0.25, 0.3) is 21.8 Å². The molecular weight excluding hydrogens is 819 g/mol. The number of methoxy groups -OCH3 is 1. The molecule has 3 aromatic heterocycles. The summed E-state index contributed by atoms with van der Waals surface area (Å²) < 4.78 is 11.9. The number of hydrogen-bond acceptors (Lipinski definition) is 11. The van der Waals surface area contributed by atoms with Crippen molar-refractivity contribution in [2.45, 2.75) is 90.6 Å². The van der Waals surface area contributed by atoms with Gasteiger partial charge in [0.2, 0.25) is 17.7 Å². The summed E-state index contributed by atoms with van der Waals surface area (Å²) in [6, 6.07) is 19.2. The number of rotatable bonds is 14. The fraction of sp³-hybridized carbons (Fsp3) is 0.426. The topological polar surface area (TPSA) is 184 Å². The first-order valence-corrected chi connectivity index (χ1v) is 22.3. The second-order valence-corrected chi connectivity index (χ2v) is 18.3. The lowest BCUT2D eigenvalue weighted by atomic mass is 9.85. The van der Waals surface area contributed by atoms with Gasteiger partial charge in [-0.1, -0.05) is 57.2 Å². The molecule has 0 bridgehead atoms. The van der Waals surface area contributed by atoms with Crippen LogP contribution in [0.2, 0.25) is 0 Å². The van der Waals surface area contributed by atoms with Crippen LogP contribution >= 0.6 is 11.3 Å². The quantitative estimate of drug-likeness (QED) is 0.0935. The van der Waals surface area contributed by atoms with Gasteiger partial charge < -0.3 is 30.3 Å². The van der Waals surface area contributed by atoms with E-state index in [2.05, 4.69) is 41.0 Å². The van der Waals surface area contributed by atoms with Crippen molar-refractivity contribution in [2.75, 3.05) is 39.2 Å². The van der Waals surface area contributed by atoms with Gasteiger partial charge in [0.25, 0.3) is 5.91 Å². The molecule has 63 heavy (non-hydrogen) atoms. The number of H-pyrrole nitrogens is 1.